The van der Waals surface area contributed by atoms with Gasteiger partial charge >= 0.3 is 6.03 Å². The number of benzene rings is 1. The second kappa shape index (κ2) is 7.63. The first kappa shape index (κ1) is 16.7. The minimum atomic E-state index is -0.205. The number of rotatable bonds is 6. The van der Waals surface area contributed by atoms with Crippen LogP contribution in [-0.4, -0.2) is 58.5 Å². The number of aromatic nitrogens is 2. The van der Waals surface area contributed by atoms with Crippen LogP contribution in [0.25, 0.3) is 10.9 Å². The molecule has 2 heterocycles. The molecule has 0 saturated carbocycles. The van der Waals surface area contributed by atoms with E-state index in [1.807, 2.05) is 19.1 Å². The van der Waals surface area contributed by atoms with Crippen molar-refractivity contribution in [3.63, 3.8) is 0 Å². The summed E-state index contributed by atoms with van der Waals surface area (Å²) in [5, 5.41) is 22.8. The van der Waals surface area contributed by atoms with E-state index in [-0.39, 0.29) is 12.6 Å². The van der Waals surface area contributed by atoms with Crippen LogP contribution in [0.2, 0.25) is 0 Å². The second-order valence-corrected chi connectivity index (χ2v) is 6.33. The Balaban J connectivity index is 1.55. The molecule has 1 fully saturated rings. The number of anilines is 1. The lowest BCUT2D eigenvalue weighted by Gasteiger charge is -2.24. The molecular weight excluding hydrogens is 306 g/mol. The number of nitrogens with one attached hydrogen (secondary N) is 3. The zero-order valence-electron chi connectivity index (χ0n) is 14.0. The first-order valence-electron chi connectivity index (χ1n) is 8.51. The van der Waals surface area contributed by atoms with Gasteiger partial charge in [0, 0.05) is 31.1 Å². The van der Waals surface area contributed by atoms with Crippen molar-refractivity contribution in [2.45, 2.75) is 32.2 Å². The highest BCUT2D eigenvalue weighted by Crippen LogP contribution is 2.24. The molecule has 1 aliphatic heterocycles. The lowest BCUT2D eigenvalue weighted by molar-refractivity contribution is 0.207. The van der Waals surface area contributed by atoms with Gasteiger partial charge in [-0.15, -0.1) is 0 Å². The molecule has 1 aromatic carbocycles. The Morgan fingerprint density at radius 2 is 2.38 bits per heavy atom. The number of urea groups is 1. The summed E-state index contributed by atoms with van der Waals surface area (Å²) in [5.74, 6) is 0. The van der Waals surface area contributed by atoms with E-state index in [0.717, 1.165) is 54.5 Å². The van der Waals surface area contributed by atoms with Gasteiger partial charge in [0.25, 0.3) is 0 Å². The number of hydrogen-bond acceptors (Lipinski definition) is 4. The Kier molecular flexibility index (Phi) is 5.32. The first-order chi connectivity index (χ1) is 11.7. The van der Waals surface area contributed by atoms with Gasteiger partial charge in [-0.25, -0.2) is 4.79 Å². The Hall–Kier alpha value is -2.12. The van der Waals surface area contributed by atoms with E-state index >= 15 is 0 Å². The Morgan fingerprint density at radius 3 is 3.21 bits per heavy atom. The fourth-order valence-corrected chi connectivity index (χ4v) is 3.35. The molecule has 7 heteroatoms. The largest absolute Gasteiger partial charge is 0.396 e. The predicted octanol–water partition coefficient (Wildman–Crippen LogP) is 1.84. The van der Waals surface area contributed by atoms with Crippen LogP contribution in [0.15, 0.2) is 18.3 Å². The zero-order valence-corrected chi connectivity index (χ0v) is 14.0. The number of aliphatic hydroxyl groups is 1. The molecule has 130 valence electrons. The maximum absolute atomic E-state index is 12.2. The average molecular weight is 331 g/mol. The Morgan fingerprint density at radius 1 is 1.50 bits per heavy atom. The molecular formula is C17H25N5O2. The maximum Gasteiger partial charge on any atom is 0.319 e. The van der Waals surface area contributed by atoms with Crippen LogP contribution in [0.4, 0.5) is 10.5 Å². The number of likely N-dealkylation sites (tertiary alicyclic amines) is 1. The molecule has 24 heavy (non-hydrogen) atoms. The first-order valence-corrected chi connectivity index (χ1v) is 8.51. The second-order valence-electron chi connectivity index (χ2n) is 6.33. The fourth-order valence-electron chi connectivity index (χ4n) is 3.35. The van der Waals surface area contributed by atoms with Gasteiger partial charge in [0.05, 0.1) is 17.4 Å². The minimum absolute atomic E-state index is 0.205. The molecule has 0 radical (unpaired) electrons. The molecule has 1 aromatic heterocycles. The molecule has 2 amide bonds. The lowest BCUT2D eigenvalue weighted by atomic mass is 10.1. The fraction of sp³-hybridized carbons (Fsp3) is 0.529. The van der Waals surface area contributed by atoms with E-state index in [1.165, 1.54) is 0 Å². The quantitative estimate of drug-likeness (QED) is 0.650. The molecule has 1 saturated heterocycles. The summed E-state index contributed by atoms with van der Waals surface area (Å²) < 4.78 is 0. The van der Waals surface area contributed by atoms with Crippen LogP contribution in [0.5, 0.6) is 0 Å². The van der Waals surface area contributed by atoms with Gasteiger partial charge in [-0.3, -0.25) is 10.00 Å². The summed E-state index contributed by atoms with van der Waals surface area (Å²) in [7, 11) is 0. The molecule has 3 rings (SSSR count). The number of hydrogen-bond donors (Lipinski definition) is 4. The highest BCUT2D eigenvalue weighted by molar-refractivity contribution is 6.00. The third kappa shape index (κ3) is 3.68. The van der Waals surface area contributed by atoms with Gasteiger partial charge < -0.3 is 15.7 Å². The normalized spacial score (nSPS) is 18.2. The number of aliphatic hydroxyl groups excluding tert-OH is 1. The summed E-state index contributed by atoms with van der Waals surface area (Å²) in [5.41, 5.74) is 2.69. The molecule has 7 nitrogen and oxygen atoms in total. The molecule has 0 aliphatic carbocycles. The standard InChI is InChI=1S/C17H25N5O2/c1-12-5-6-15(16-14(12)11-19-21-16)20-17(24)18-10-13-4-2-7-22(13)8-3-9-23/h5-6,11,13,23H,2-4,7-10H2,1H3,(H,19,21)(H2,18,20,24). The average Bonchev–Trinajstić information content (AvgIpc) is 3.23. The van der Waals surface area contributed by atoms with Crippen molar-refractivity contribution >= 4 is 22.6 Å². The zero-order chi connectivity index (χ0) is 16.9. The minimum Gasteiger partial charge on any atom is -0.396 e. The number of carbonyl (C=O) groups excluding carboxylic acids is 1. The van der Waals surface area contributed by atoms with Crippen LogP contribution in [-0.2, 0) is 0 Å². The Labute approximate surface area is 141 Å². The van der Waals surface area contributed by atoms with Gasteiger partial charge in [0.1, 0.15) is 0 Å². The van der Waals surface area contributed by atoms with Crippen LogP contribution in [0, 0.1) is 6.92 Å². The number of amides is 2. The maximum atomic E-state index is 12.2. The van der Waals surface area contributed by atoms with Crippen molar-refractivity contribution < 1.29 is 9.90 Å². The van der Waals surface area contributed by atoms with E-state index in [1.54, 1.807) is 6.20 Å². The number of fused-ring (bicyclic) bond motifs is 1. The van der Waals surface area contributed by atoms with Crippen LogP contribution >= 0.6 is 0 Å². The van der Waals surface area contributed by atoms with Crippen LogP contribution < -0.4 is 10.6 Å². The monoisotopic (exact) mass is 331 g/mol. The molecule has 0 bridgehead atoms. The number of aromatic amines is 1. The molecule has 1 unspecified atom stereocenters. The highest BCUT2D eigenvalue weighted by atomic mass is 16.3. The SMILES string of the molecule is Cc1ccc(NC(=O)NCC2CCCN2CCCO)c2[nH]ncc12. The summed E-state index contributed by atoms with van der Waals surface area (Å²) >= 11 is 0. The van der Waals surface area contributed by atoms with Crippen molar-refractivity contribution in [3.05, 3.63) is 23.9 Å². The van der Waals surface area contributed by atoms with E-state index in [4.69, 9.17) is 5.11 Å². The smallest absolute Gasteiger partial charge is 0.319 e. The number of nitrogens with zero attached hydrogens (tertiary/aromatic N) is 2. The number of carbonyl (C=O) groups is 1. The van der Waals surface area contributed by atoms with Crippen molar-refractivity contribution in [1.82, 2.24) is 20.4 Å². The molecule has 0 spiro atoms. The Bertz CT molecular complexity index is 699. The van der Waals surface area contributed by atoms with E-state index in [9.17, 15) is 4.79 Å². The molecule has 4 N–H and O–H groups in total. The van der Waals surface area contributed by atoms with Crippen molar-refractivity contribution in [2.24, 2.45) is 0 Å². The van der Waals surface area contributed by atoms with Gasteiger partial charge in [-0.05, 0) is 44.4 Å². The van der Waals surface area contributed by atoms with Crippen LogP contribution in [0.1, 0.15) is 24.8 Å². The van der Waals surface area contributed by atoms with E-state index in [2.05, 4.69) is 25.7 Å². The predicted molar refractivity (Wildman–Crippen MR) is 94.1 cm³/mol. The molecule has 2 aromatic rings. The van der Waals surface area contributed by atoms with E-state index < -0.39 is 0 Å². The molecule has 1 atom stereocenters. The van der Waals surface area contributed by atoms with Crippen molar-refractivity contribution in [2.75, 3.05) is 31.6 Å². The van der Waals surface area contributed by atoms with Gasteiger partial charge in [0.2, 0.25) is 0 Å². The van der Waals surface area contributed by atoms with E-state index in [0.29, 0.717) is 12.6 Å². The van der Waals surface area contributed by atoms with Gasteiger partial charge in [0.15, 0.2) is 0 Å². The summed E-state index contributed by atoms with van der Waals surface area (Å²) in [6.07, 6.45) is 4.78. The third-order valence-electron chi connectivity index (χ3n) is 4.68. The van der Waals surface area contributed by atoms with Crippen molar-refractivity contribution in [3.8, 4) is 0 Å². The summed E-state index contributed by atoms with van der Waals surface area (Å²) in [6, 6.07) is 4.01. The number of aryl methyl sites for hydroxylation is 1. The summed E-state index contributed by atoms with van der Waals surface area (Å²) in [4.78, 5) is 14.6. The van der Waals surface area contributed by atoms with Crippen LogP contribution in [0.3, 0.4) is 0 Å². The highest BCUT2D eigenvalue weighted by Gasteiger charge is 2.24. The van der Waals surface area contributed by atoms with Gasteiger partial charge in [-0.1, -0.05) is 6.07 Å². The lowest BCUT2D eigenvalue weighted by Crippen LogP contribution is -2.42. The van der Waals surface area contributed by atoms with Crippen molar-refractivity contribution in [1.29, 1.82) is 0 Å². The number of H-pyrrole nitrogens is 1. The topological polar surface area (TPSA) is 93.3 Å². The molecule has 1 aliphatic rings. The van der Waals surface area contributed by atoms with Gasteiger partial charge in [-0.2, -0.15) is 5.10 Å². The third-order valence-corrected chi connectivity index (χ3v) is 4.68. The summed E-state index contributed by atoms with van der Waals surface area (Å²) in [6.45, 7) is 4.78.